The van der Waals surface area contributed by atoms with Crippen LogP contribution >= 0.6 is 0 Å². The van der Waals surface area contributed by atoms with E-state index in [9.17, 15) is 9.59 Å². The van der Waals surface area contributed by atoms with E-state index >= 15 is 0 Å². The number of hydrogen-bond acceptors (Lipinski definition) is 6. The molecule has 0 unspecified atom stereocenters. The smallest absolute Gasteiger partial charge is 0.256 e. The van der Waals surface area contributed by atoms with Crippen molar-refractivity contribution in [2.75, 3.05) is 25.1 Å². The first-order chi connectivity index (χ1) is 13.2. The number of fused-ring (bicyclic) bond motifs is 1. The van der Waals surface area contributed by atoms with Crippen LogP contribution in [0.25, 0.3) is 0 Å². The molecule has 8 nitrogen and oxygen atoms in total. The van der Waals surface area contributed by atoms with Crippen molar-refractivity contribution in [2.45, 2.75) is 6.54 Å². The van der Waals surface area contributed by atoms with Gasteiger partial charge in [0.2, 0.25) is 5.91 Å². The third-order valence-electron chi connectivity index (χ3n) is 4.72. The van der Waals surface area contributed by atoms with Crippen molar-refractivity contribution in [3.8, 4) is 5.75 Å². The number of benzene rings is 2. The molecular weight excluding hydrogens is 358 g/mol. The van der Waals surface area contributed by atoms with Crippen molar-refractivity contribution < 1.29 is 14.3 Å². The predicted molar refractivity (Wildman–Crippen MR) is 107 cm³/mol. The first-order valence-corrected chi connectivity index (χ1v) is 8.45. The molecular formula is C20H21N5O3. The van der Waals surface area contributed by atoms with Gasteiger partial charge in [-0.25, -0.2) is 0 Å². The molecule has 28 heavy (non-hydrogen) atoms. The van der Waals surface area contributed by atoms with E-state index in [4.69, 9.17) is 27.3 Å². The number of anilines is 2. The van der Waals surface area contributed by atoms with Gasteiger partial charge in [0.15, 0.2) is 0 Å². The average molecular weight is 379 g/mol. The number of rotatable bonds is 6. The highest BCUT2D eigenvalue weighted by Crippen LogP contribution is 2.33. The van der Waals surface area contributed by atoms with Crippen molar-refractivity contribution in [3.05, 3.63) is 64.7 Å². The molecule has 2 aromatic rings. The summed E-state index contributed by atoms with van der Waals surface area (Å²) in [7, 11) is 1.53. The van der Waals surface area contributed by atoms with Gasteiger partial charge in [0.05, 0.1) is 24.9 Å². The minimum Gasteiger partial charge on any atom is -0.497 e. The molecule has 1 aliphatic rings. The van der Waals surface area contributed by atoms with Crippen molar-refractivity contribution in [1.82, 2.24) is 4.90 Å². The van der Waals surface area contributed by atoms with Gasteiger partial charge in [-0.15, -0.1) is 0 Å². The number of amides is 2. The largest absolute Gasteiger partial charge is 0.497 e. The molecule has 0 aliphatic carbocycles. The lowest BCUT2D eigenvalue weighted by atomic mass is 9.93. The van der Waals surface area contributed by atoms with Gasteiger partial charge in [0.25, 0.3) is 5.91 Å². The Morgan fingerprint density at radius 1 is 1.21 bits per heavy atom. The normalized spacial score (nSPS) is 12.6. The summed E-state index contributed by atoms with van der Waals surface area (Å²) in [6.45, 7) is 3.78. The molecule has 3 rings (SSSR count). The Morgan fingerprint density at radius 3 is 2.54 bits per heavy atom. The van der Waals surface area contributed by atoms with Gasteiger partial charge in [-0.05, 0) is 29.8 Å². The molecule has 2 amide bonds. The molecule has 0 aromatic heterocycles. The summed E-state index contributed by atoms with van der Waals surface area (Å²) in [5, 5.41) is 8.67. The second kappa shape index (κ2) is 7.07. The summed E-state index contributed by atoms with van der Waals surface area (Å²) in [5.74, 6) is -0.437. The maximum atomic E-state index is 12.8. The SMILES string of the molecule is C=C(CN1Cc2c(C(=N)c3cc(OC)ccc3N)ccc(N)c2C1=O)C(N)=O. The number of hydrogen-bond donors (Lipinski definition) is 4. The maximum absolute atomic E-state index is 12.8. The van der Waals surface area contributed by atoms with E-state index in [1.165, 1.54) is 12.0 Å². The van der Waals surface area contributed by atoms with Gasteiger partial charge in [-0.3, -0.25) is 15.0 Å². The third-order valence-corrected chi connectivity index (χ3v) is 4.72. The van der Waals surface area contributed by atoms with Gasteiger partial charge in [0.1, 0.15) is 5.75 Å². The highest BCUT2D eigenvalue weighted by atomic mass is 16.5. The summed E-state index contributed by atoms with van der Waals surface area (Å²) < 4.78 is 5.22. The molecule has 2 aromatic carbocycles. The summed E-state index contributed by atoms with van der Waals surface area (Å²) in [6.07, 6.45) is 0. The van der Waals surface area contributed by atoms with Gasteiger partial charge in [-0.2, -0.15) is 0 Å². The Kier molecular flexibility index (Phi) is 4.79. The standard InChI is InChI=1S/C20H21N5O3/c1-10(19(24)26)8-25-9-14-12(4-6-16(22)17(14)20(25)27)18(23)13-7-11(28-2)3-5-15(13)21/h3-7,23H,1,8-9,21-22H2,2H3,(H2,24,26). The van der Waals surface area contributed by atoms with Crippen molar-refractivity contribution in [1.29, 1.82) is 5.41 Å². The zero-order valence-electron chi connectivity index (χ0n) is 15.4. The van der Waals surface area contributed by atoms with Gasteiger partial charge in [0, 0.05) is 34.6 Å². The van der Waals surface area contributed by atoms with Crippen LogP contribution in [-0.4, -0.2) is 36.1 Å². The fraction of sp³-hybridized carbons (Fsp3) is 0.150. The summed E-state index contributed by atoms with van der Waals surface area (Å²) in [4.78, 5) is 25.5. The molecule has 1 heterocycles. The van der Waals surface area contributed by atoms with Crippen LogP contribution in [0.2, 0.25) is 0 Å². The highest BCUT2D eigenvalue weighted by molar-refractivity contribution is 6.17. The van der Waals surface area contributed by atoms with Crippen molar-refractivity contribution >= 4 is 28.9 Å². The minimum absolute atomic E-state index is 0.00361. The molecule has 0 fully saturated rings. The van der Waals surface area contributed by atoms with Crippen LogP contribution in [0.15, 0.2) is 42.5 Å². The van der Waals surface area contributed by atoms with E-state index in [1.54, 1.807) is 30.3 Å². The molecule has 7 N–H and O–H groups in total. The molecule has 0 atom stereocenters. The number of primary amides is 1. The molecule has 1 aliphatic heterocycles. The number of nitrogens with two attached hydrogens (primary N) is 3. The average Bonchev–Trinajstić information content (AvgIpc) is 2.99. The number of carbonyl (C=O) groups excluding carboxylic acids is 2. The van der Waals surface area contributed by atoms with E-state index in [0.717, 1.165) is 0 Å². The number of carbonyl (C=O) groups is 2. The van der Waals surface area contributed by atoms with Crippen LogP contribution in [0.5, 0.6) is 5.75 Å². The molecule has 8 heteroatoms. The van der Waals surface area contributed by atoms with Crippen LogP contribution in [-0.2, 0) is 11.3 Å². The Balaban J connectivity index is 2.04. The van der Waals surface area contributed by atoms with Crippen LogP contribution in [0.4, 0.5) is 11.4 Å². The summed E-state index contributed by atoms with van der Waals surface area (Å²) in [5.41, 5.74) is 20.2. The predicted octanol–water partition coefficient (Wildman–Crippen LogP) is 1.27. The topological polar surface area (TPSA) is 149 Å². The van der Waals surface area contributed by atoms with Gasteiger partial charge in [-0.1, -0.05) is 12.6 Å². The summed E-state index contributed by atoms with van der Waals surface area (Å²) in [6, 6.07) is 8.32. The molecule has 0 spiro atoms. The van der Waals surface area contributed by atoms with E-state index in [2.05, 4.69) is 6.58 Å². The van der Waals surface area contributed by atoms with E-state index in [0.29, 0.717) is 39.4 Å². The molecule has 0 saturated heterocycles. The second-order valence-electron chi connectivity index (χ2n) is 6.51. The maximum Gasteiger partial charge on any atom is 0.256 e. The van der Waals surface area contributed by atoms with Gasteiger partial charge < -0.3 is 26.8 Å². The third kappa shape index (κ3) is 3.16. The fourth-order valence-corrected chi connectivity index (χ4v) is 3.20. The zero-order valence-corrected chi connectivity index (χ0v) is 15.4. The zero-order chi connectivity index (χ0) is 20.6. The van der Waals surface area contributed by atoms with Crippen LogP contribution in [0.1, 0.15) is 27.0 Å². The lowest BCUT2D eigenvalue weighted by molar-refractivity contribution is -0.114. The summed E-state index contributed by atoms with van der Waals surface area (Å²) >= 11 is 0. The quantitative estimate of drug-likeness (QED) is 0.339. The first kappa shape index (κ1) is 19.0. The fourth-order valence-electron chi connectivity index (χ4n) is 3.20. The molecule has 0 saturated carbocycles. The van der Waals surface area contributed by atoms with Crippen LogP contribution in [0.3, 0.4) is 0 Å². The van der Waals surface area contributed by atoms with E-state index in [-0.39, 0.29) is 30.3 Å². The van der Waals surface area contributed by atoms with Crippen LogP contribution in [0, 0.1) is 5.41 Å². The lowest BCUT2D eigenvalue weighted by Crippen LogP contribution is -2.30. The number of ether oxygens (including phenoxy) is 1. The Bertz CT molecular complexity index is 1030. The minimum atomic E-state index is -0.672. The molecule has 0 radical (unpaired) electrons. The van der Waals surface area contributed by atoms with Crippen molar-refractivity contribution in [2.24, 2.45) is 5.73 Å². The van der Waals surface area contributed by atoms with E-state index < -0.39 is 5.91 Å². The molecule has 144 valence electrons. The monoisotopic (exact) mass is 379 g/mol. The number of nitrogens with one attached hydrogen (secondary N) is 1. The first-order valence-electron chi connectivity index (χ1n) is 8.45. The number of methoxy groups -OCH3 is 1. The Hall–Kier alpha value is -3.81. The number of nitrogen functional groups attached to an aromatic ring is 2. The second-order valence-corrected chi connectivity index (χ2v) is 6.51. The number of nitrogens with zero attached hydrogens (tertiary/aromatic N) is 1. The highest BCUT2D eigenvalue weighted by Gasteiger charge is 2.33. The molecule has 0 bridgehead atoms. The van der Waals surface area contributed by atoms with E-state index in [1.807, 2.05) is 0 Å². The van der Waals surface area contributed by atoms with Crippen molar-refractivity contribution in [3.63, 3.8) is 0 Å². The Labute approximate surface area is 162 Å². The Morgan fingerprint density at radius 2 is 1.89 bits per heavy atom. The lowest BCUT2D eigenvalue weighted by Gasteiger charge is -2.16. The van der Waals surface area contributed by atoms with Crippen LogP contribution < -0.4 is 21.9 Å². The van der Waals surface area contributed by atoms with Gasteiger partial charge >= 0.3 is 0 Å².